The second kappa shape index (κ2) is 9.50. The maximum Gasteiger partial charge on any atom is 0.290 e. The van der Waals surface area contributed by atoms with Crippen LogP contribution in [0.2, 0.25) is 0 Å². The van der Waals surface area contributed by atoms with E-state index in [1.165, 1.54) is 12.7 Å². The highest BCUT2D eigenvalue weighted by Crippen LogP contribution is 2.34. The number of hydrogen-bond donors (Lipinski definition) is 1. The van der Waals surface area contributed by atoms with Crippen molar-refractivity contribution in [2.75, 3.05) is 0 Å². The van der Waals surface area contributed by atoms with E-state index in [-0.39, 0.29) is 23.9 Å². The molecule has 2 amide bonds. The van der Waals surface area contributed by atoms with Crippen LogP contribution < -0.4 is 5.32 Å². The molecule has 2 aliphatic carbocycles. The second-order valence-corrected chi connectivity index (χ2v) is 8.78. The highest BCUT2D eigenvalue weighted by Gasteiger charge is 2.39. The highest BCUT2D eigenvalue weighted by atomic mass is 16.3. The number of benzene rings is 1. The van der Waals surface area contributed by atoms with Gasteiger partial charge in [0.2, 0.25) is 5.91 Å². The molecule has 5 heteroatoms. The molecule has 2 saturated carbocycles. The predicted molar refractivity (Wildman–Crippen MR) is 116 cm³/mol. The van der Waals surface area contributed by atoms with Gasteiger partial charge in [-0.25, -0.2) is 0 Å². The van der Waals surface area contributed by atoms with Crippen LogP contribution in [0.15, 0.2) is 47.1 Å². The molecule has 0 spiro atoms. The van der Waals surface area contributed by atoms with Crippen LogP contribution >= 0.6 is 0 Å². The topological polar surface area (TPSA) is 62.6 Å². The van der Waals surface area contributed by atoms with Gasteiger partial charge in [0.15, 0.2) is 5.76 Å². The lowest BCUT2D eigenvalue weighted by Gasteiger charge is -2.36. The summed E-state index contributed by atoms with van der Waals surface area (Å²) in [4.78, 5) is 29.0. The number of carbonyl (C=O) groups is 2. The first-order valence-corrected chi connectivity index (χ1v) is 11.4. The fraction of sp³-hybridized carbons (Fsp3) is 0.520. The Morgan fingerprint density at radius 3 is 2.27 bits per heavy atom. The summed E-state index contributed by atoms with van der Waals surface area (Å²) in [5.74, 6) is 0.0262. The molecule has 160 valence electrons. The zero-order chi connectivity index (χ0) is 20.9. The van der Waals surface area contributed by atoms with Crippen molar-refractivity contribution in [1.82, 2.24) is 10.2 Å². The molecule has 2 fully saturated rings. The SMILES string of the molecule is Cc1ccc(C(C(=O)NC2CCCCC2)N(C(=O)c2ccco2)C2CCCC2)cc1. The van der Waals surface area contributed by atoms with Gasteiger partial charge in [0.25, 0.3) is 5.91 Å². The minimum atomic E-state index is -0.645. The van der Waals surface area contributed by atoms with Gasteiger partial charge < -0.3 is 14.6 Å². The Balaban J connectivity index is 1.69. The van der Waals surface area contributed by atoms with Gasteiger partial charge >= 0.3 is 0 Å². The maximum atomic E-state index is 13.6. The molecule has 1 N–H and O–H groups in total. The Bertz CT molecular complexity index is 832. The molecule has 4 rings (SSSR count). The van der Waals surface area contributed by atoms with Crippen LogP contribution in [-0.2, 0) is 4.79 Å². The quantitative estimate of drug-likeness (QED) is 0.718. The summed E-state index contributed by atoms with van der Waals surface area (Å²) in [6.45, 7) is 2.03. The second-order valence-electron chi connectivity index (χ2n) is 8.78. The number of furan rings is 1. The standard InChI is InChI=1S/C25H32N2O3/c1-18-13-15-19(16-14-18)23(24(28)26-20-8-3-2-4-9-20)27(21-10-5-6-11-21)25(29)22-12-7-17-30-22/h7,12-17,20-21,23H,2-6,8-11H2,1H3,(H,26,28). The molecule has 1 atom stereocenters. The van der Waals surface area contributed by atoms with E-state index in [2.05, 4.69) is 5.32 Å². The maximum absolute atomic E-state index is 13.6. The van der Waals surface area contributed by atoms with Gasteiger partial charge in [-0.3, -0.25) is 9.59 Å². The third kappa shape index (κ3) is 4.61. The smallest absolute Gasteiger partial charge is 0.290 e. The minimum absolute atomic E-state index is 0.0472. The van der Waals surface area contributed by atoms with Gasteiger partial charge in [-0.2, -0.15) is 0 Å². The Morgan fingerprint density at radius 2 is 1.63 bits per heavy atom. The molecular formula is C25H32N2O3. The van der Waals surface area contributed by atoms with Crippen LogP contribution in [0.25, 0.3) is 0 Å². The van der Waals surface area contributed by atoms with Crippen molar-refractivity contribution >= 4 is 11.8 Å². The van der Waals surface area contributed by atoms with Crippen LogP contribution in [-0.4, -0.2) is 28.8 Å². The fourth-order valence-corrected chi connectivity index (χ4v) is 4.92. The van der Waals surface area contributed by atoms with Crippen LogP contribution in [0, 0.1) is 6.92 Å². The first-order chi connectivity index (χ1) is 14.6. The average molecular weight is 409 g/mol. The Kier molecular flexibility index (Phi) is 6.56. The lowest BCUT2D eigenvalue weighted by Crippen LogP contribution is -2.50. The number of amides is 2. The summed E-state index contributed by atoms with van der Waals surface area (Å²) < 4.78 is 5.45. The van der Waals surface area contributed by atoms with E-state index in [1.807, 2.05) is 31.2 Å². The summed E-state index contributed by atoms with van der Waals surface area (Å²) in [7, 11) is 0. The lowest BCUT2D eigenvalue weighted by atomic mass is 9.94. The molecule has 1 aromatic carbocycles. The number of hydrogen-bond acceptors (Lipinski definition) is 3. The van der Waals surface area contributed by atoms with Gasteiger partial charge in [0.05, 0.1) is 6.26 Å². The molecule has 1 heterocycles. The van der Waals surface area contributed by atoms with E-state index in [4.69, 9.17) is 4.42 Å². The van der Waals surface area contributed by atoms with Crippen LogP contribution in [0.4, 0.5) is 0 Å². The van der Waals surface area contributed by atoms with Crippen molar-refractivity contribution < 1.29 is 14.0 Å². The molecule has 2 aromatic rings. The van der Waals surface area contributed by atoms with Crippen LogP contribution in [0.5, 0.6) is 0 Å². The van der Waals surface area contributed by atoms with E-state index < -0.39 is 6.04 Å². The number of nitrogens with zero attached hydrogens (tertiary/aromatic N) is 1. The van der Waals surface area contributed by atoms with E-state index in [1.54, 1.807) is 17.0 Å². The highest BCUT2D eigenvalue weighted by molar-refractivity contribution is 5.96. The largest absolute Gasteiger partial charge is 0.459 e. The third-order valence-corrected chi connectivity index (χ3v) is 6.56. The average Bonchev–Trinajstić information content (AvgIpc) is 3.47. The molecule has 30 heavy (non-hydrogen) atoms. The van der Waals surface area contributed by atoms with Gasteiger partial charge in [-0.1, -0.05) is 61.9 Å². The minimum Gasteiger partial charge on any atom is -0.459 e. The van der Waals surface area contributed by atoms with E-state index in [0.717, 1.165) is 62.5 Å². The van der Waals surface area contributed by atoms with E-state index in [0.29, 0.717) is 5.76 Å². The molecule has 5 nitrogen and oxygen atoms in total. The van der Waals surface area contributed by atoms with Crippen molar-refractivity contribution in [2.24, 2.45) is 0 Å². The summed E-state index contributed by atoms with van der Waals surface area (Å²) in [5.41, 5.74) is 2.00. The Labute approximate surface area is 178 Å². The van der Waals surface area contributed by atoms with Gasteiger partial charge in [-0.05, 0) is 50.3 Å². The molecule has 0 aliphatic heterocycles. The summed E-state index contributed by atoms with van der Waals surface area (Å²) in [6, 6.07) is 11.0. The molecular weight excluding hydrogens is 376 g/mol. The van der Waals surface area contributed by atoms with Crippen molar-refractivity contribution in [2.45, 2.75) is 82.8 Å². The number of rotatable bonds is 6. The van der Waals surface area contributed by atoms with Crippen molar-refractivity contribution in [3.05, 3.63) is 59.5 Å². The molecule has 1 unspecified atom stereocenters. The normalized spacial score (nSPS) is 18.8. The van der Waals surface area contributed by atoms with Crippen molar-refractivity contribution in [3.63, 3.8) is 0 Å². The molecule has 2 aliphatic rings. The van der Waals surface area contributed by atoms with E-state index >= 15 is 0 Å². The van der Waals surface area contributed by atoms with Crippen LogP contribution in [0.3, 0.4) is 0 Å². The molecule has 0 bridgehead atoms. The first kappa shape index (κ1) is 20.7. The Morgan fingerprint density at radius 1 is 0.967 bits per heavy atom. The van der Waals surface area contributed by atoms with E-state index in [9.17, 15) is 9.59 Å². The lowest BCUT2D eigenvalue weighted by molar-refractivity contribution is -0.127. The molecule has 1 aromatic heterocycles. The molecule has 0 radical (unpaired) electrons. The van der Waals surface area contributed by atoms with Crippen LogP contribution in [0.1, 0.15) is 85.5 Å². The number of carbonyl (C=O) groups excluding carboxylic acids is 2. The summed E-state index contributed by atoms with van der Waals surface area (Å²) in [5, 5.41) is 3.27. The van der Waals surface area contributed by atoms with Crippen molar-refractivity contribution in [3.8, 4) is 0 Å². The van der Waals surface area contributed by atoms with Gasteiger partial charge in [-0.15, -0.1) is 0 Å². The summed E-state index contributed by atoms with van der Waals surface area (Å²) >= 11 is 0. The number of nitrogens with one attached hydrogen (secondary N) is 1. The van der Waals surface area contributed by atoms with Gasteiger partial charge in [0, 0.05) is 12.1 Å². The van der Waals surface area contributed by atoms with Crippen molar-refractivity contribution in [1.29, 1.82) is 0 Å². The fourth-order valence-electron chi connectivity index (χ4n) is 4.92. The number of aryl methyl sites for hydroxylation is 1. The Hall–Kier alpha value is -2.56. The zero-order valence-electron chi connectivity index (χ0n) is 17.8. The zero-order valence-corrected chi connectivity index (χ0v) is 17.8. The van der Waals surface area contributed by atoms with Gasteiger partial charge in [0.1, 0.15) is 6.04 Å². The monoisotopic (exact) mass is 408 g/mol. The molecule has 0 saturated heterocycles. The summed E-state index contributed by atoms with van der Waals surface area (Å²) in [6.07, 6.45) is 11.1. The predicted octanol–water partition coefficient (Wildman–Crippen LogP) is 5.16. The first-order valence-electron chi connectivity index (χ1n) is 11.4. The third-order valence-electron chi connectivity index (χ3n) is 6.56.